The second-order valence-corrected chi connectivity index (χ2v) is 11.1. The Morgan fingerprint density at radius 2 is 1.07 bits per heavy atom. The van der Waals surface area contributed by atoms with Gasteiger partial charge in [-0.15, -0.1) is 0 Å². The Kier molecular flexibility index (Phi) is 10.5. The van der Waals surface area contributed by atoms with E-state index in [1.807, 2.05) is 0 Å². The lowest BCUT2D eigenvalue weighted by molar-refractivity contribution is -0.284. The van der Waals surface area contributed by atoms with Gasteiger partial charge >= 0.3 is 24.3 Å². The van der Waals surface area contributed by atoms with E-state index in [1.165, 1.54) is 48.5 Å². The van der Waals surface area contributed by atoms with Crippen molar-refractivity contribution in [1.29, 1.82) is 0 Å². The summed E-state index contributed by atoms with van der Waals surface area (Å²) in [5.41, 5.74) is -9.46. The van der Waals surface area contributed by atoms with Crippen LogP contribution in [0, 0.1) is 0 Å². The molecule has 2 unspecified atom stereocenters. The van der Waals surface area contributed by atoms with E-state index in [-0.39, 0.29) is 18.4 Å². The number of ether oxygens (including phenoxy) is 4. The number of alkyl halides is 6. The predicted octanol–water partition coefficient (Wildman–Crippen LogP) is 8.12. The monoisotopic (exact) mass is 652 g/mol. The van der Waals surface area contributed by atoms with Crippen molar-refractivity contribution in [2.75, 3.05) is 14.2 Å². The van der Waals surface area contributed by atoms with Crippen molar-refractivity contribution in [1.82, 2.24) is 0 Å². The standard InChI is InChI=1S/C34H34F6O6/c1-43-31(33(35,36)37,25-17-9-4-10-18-25)28(41)45-27(24-15-7-3-8-16-24)23-30(21-13-6-14-22-30)46-29(42)32(44-2,34(38,39)40)26-19-11-5-12-20-26/h3-5,7-12,15-20,27H,6,13-14,21-23H2,1-2H3/t27-,31?,32?/m0/s1. The highest BCUT2D eigenvalue weighted by molar-refractivity contribution is 5.84. The Balaban J connectivity index is 1.77. The molecule has 1 aliphatic rings. The zero-order chi connectivity index (χ0) is 33.6. The van der Waals surface area contributed by atoms with Crippen LogP contribution in [0.15, 0.2) is 91.0 Å². The number of hydrogen-bond acceptors (Lipinski definition) is 6. The first kappa shape index (κ1) is 35.0. The first-order valence-electron chi connectivity index (χ1n) is 14.6. The van der Waals surface area contributed by atoms with Crippen molar-refractivity contribution in [3.8, 4) is 0 Å². The molecule has 0 aromatic heterocycles. The lowest BCUT2D eigenvalue weighted by atomic mass is 9.79. The van der Waals surface area contributed by atoms with Crippen LogP contribution in [0.1, 0.15) is 61.3 Å². The molecule has 3 aromatic carbocycles. The highest BCUT2D eigenvalue weighted by Gasteiger charge is 2.66. The fraction of sp³-hybridized carbons (Fsp3) is 0.412. The molecule has 4 rings (SSSR count). The van der Waals surface area contributed by atoms with Gasteiger partial charge in [0.25, 0.3) is 11.2 Å². The summed E-state index contributed by atoms with van der Waals surface area (Å²) in [4.78, 5) is 27.4. The molecule has 46 heavy (non-hydrogen) atoms. The minimum atomic E-state index is -5.27. The number of hydrogen-bond donors (Lipinski definition) is 0. The third-order valence-corrected chi connectivity index (χ3v) is 8.40. The summed E-state index contributed by atoms with van der Waals surface area (Å²) in [5, 5.41) is 0. The summed E-state index contributed by atoms with van der Waals surface area (Å²) in [5.74, 6) is -3.52. The van der Waals surface area contributed by atoms with Crippen LogP contribution in [0.3, 0.4) is 0 Å². The van der Waals surface area contributed by atoms with Crippen LogP contribution in [0.25, 0.3) is 0 Å². The van der Waals surface area contributed by atoms with Gasteiger partial charge in [-0.1, -0.05) is 97.4 Å². The van der Waals surface area contributed by atoms with Crippen LogP contribution in [-0.4, -0.2) is 44.1 Å². The summed E-state index contributed by atoms with van der Waals surface area (Å²) in [6.45, 7) is 0. The van der Waals surface area contributed by atoms with Crippen LogP contribution < -0.4 is 0 Å². The molecule has 1 saturated carbocycles. The van der Waals surface area contributed by atoms with Crippen LogP contribution >= 0.6 is 0 Å². The zero-order valence-electron chi connectivity index (χ0n) is 25.2. The van der Waals surface area contributed by atoms with Gasteiger partial charge in [-0.05, 0) is 31.2 Å². The Hall–Kier alpha value is -3.90. The van der Waals surface area contributed by atoms with Gasteiger partial charge in [0.05, 0.1) is 0 Å². The van der Waals surface area contributed by atoms with Crippen LogP contribution in [-0.2, 0) is 39.7 Å². The molecule has 0 heterocycles. The zero-order valence-corrected chi connectivity index (χ0v) is 25.2. The SMILES string of the molecule is COC(C(=O)O[C@@H](CC1(OC(=O)C(OC)(c2ccccc2)C(F)(F)F)CCCCC1)c1ccccc1)(c1ccccc1)C(F)(F)F. The second kappa shape index (κ2) is 13.8. The maximum absolute atomic E-state index is 14.7. The highest BCUT2D eigenvalue weighted by Crippen LogP contribution is 2.48. The summed E-state index contributed by atoms with van der Waals surface area (Å²) in [6.07, 6.45) is -10.7. The van der Waals surface area contributed by atoms with Crippen LogP contribution in [0.2, 0.25) is 0 Å². The van der Waals surface area contributed by atoms with Crippen LogP contribution in [0.5, 0.6) is 0 Å². The first-order valence-corrected chi connectivity index (χ1v) is 14.6. The Bertz CT molecular complexity index is 1440. The maximum Gasteiger partial charge on any atom is 0.432 e. The lowest BCUT2D eigenvalue weighted by Gasteiger charge is -2.42. The number of carbonyl (C=O) groups excluding carboxylic acids is 2. The molecule has 0 aliphatic heterocycles. The van der Waals surface area contributed by atoms with Crippen molar-refractivity contribution in [2.24, 2.45) is 0 Å². The molecule has 248 valence electrons. The van der Waals surface area contributed by atoms with E-state index in [4.69, 9.17) is 18.9 Å². The largest absolute Gasteiger partial charge is 0.456 e. The fourth-order valence-electron chi connectivity index (χ4n) is 6.03. The summed E-state index contributed by atoms with van der Waals surface area (Å²) in [6, 6.07) is 20.3. The highest BCUT2D eigenvalue weighted by atomic mass is 19.4. The van der Waals surface area contributed by atoms with E-state index in [2.05, 4.69) is 0 Å². The molecule has 0 saturated heterocycles. The number of rotatable bonds is 11. The van der Waals surface area contributed by atoms with Gasteiger partial charge in [0.2, 0.25) is 0 Å². The summed E-state index contributed by atoms with van der Waals surface area (Å²) < 4.78 is 109. The van der Waals surface area contributed by atoms with E-state index in [0.717, 1.165) is 38.5 Å². The number of esters is 2. The molecule has 12 heteroatoms. The minimum Gasteiger partial charge on any atom is -0.456 e. The quantitative estimate of drug-likeness (QED) is 0.154. The van der Waals surface area contributed by atoms with Crippen molar-refractivity contribution in [2.45, 2.75) is 73.8 Å². The van der Waals surface area contributed by atoms with E-state index >= 15 is 0 Å². The molecule has 1 fully saturated rings. The van der Waals surface area contributed by atoms with Crippen molar-refractivity contribution in [3.05, 3.63) is 108 Å². The van der Waals surface area contributed by atoms with E-state index in [1.54, 1.807) is 18.2 Å². The third-order valence-electron chi connectivity index (χ3n) is 8.40. The summed E-state index contributed by atoms with van der Waals surface area (Å²) in [7, 11) is 1.48. The van der Waals surface area contributed by atoms with Crippen molar-refractivity contribution < 1.29 is 54.9 Å². The third kappa shape index (κ3) is 6.64. The summed E-state index contributed by atoms with van der Waals surface area (Å²) >= 11 is 0. The molecule has 3 atom stereocenters. The molecule has 3 aromatic rings. The van der Waals surface area contributed by atoms with Gasteiger partial charge in [0.15, 0.2) is 0 Å². The van der Waals surface area contributed by atoms with Gasteiger partial charge in [-0.25, -0.2) is 9.59 Å². The number of methoxy groups -OCH3 is 2. The molecule has 0 N–H and O–H groups in total. The van der Waals surface area contributed by atoms with E-state index < -0.39 is 64.7 Å². The topological polar surface area (TPSA) is 71.1 Å². The molecule has 1 aliphatic carbocycles. The van der Waals surface area contributed by atoms with Gasteiger partial charge in [-0.3, -0.25) is 0 Å². The molecule has 6 nitrogen and oxygen atoms in total. The Morgan fingerprint density at radius 3 is 1.48 bits per heavy atom. The van der Waals surface area contributed by atoms with Gasteiger partial charge in [0, 0.05) is 31.8 Å². The van der Waals surface area contributed by atoms with Gasteiger partial charge in [0.1, 0.15) is 11.7 Å². The van der Waals surface area contributed by atoms with Crippen molar-refractivity contribution >= 4 is 11.9 Å². The van der Waals surface area contributed by atoms with Crippen molar-refractivity contribution in [3.63, 3.8) is 0 Å². The molecular weight excluding hydrogens is 618 g/mol. The Labute approximate surface area is 262 Å². The lowest BCUT2D eigenvalue weighted by Crippen LogP contribution is -2.55. The average molecular weight is 653 g/mol. The second-order valence-electron chi connectivity index (χ2n) is 11.1. The minimum absolute atomic E-state index is 0.0689. The number of benzene rings is 3. The first-order chi connectivity index (χ1) is 21.8. The number of carbonyl (C=O) groups is 2. The molecular formula is C34H34F6O6. The van der Waals surface area contributed by atoms with E-state index in [9.17, 15) is 35.9 Å². The smallest absolute Gasteiger partial charge is 0.432 e. The normalized spacial score (nSPS) is 18.4. The average Bonchev–Trinajstić information content (AvgIpc) is 3.02. The molecule has 0 amide bonds. The predicted molar refractivity (Wildman–Crippen MR) is 154 cm³/mol. The molecule has 0 spiro atoms. The number of halogens is 6. The molecule has 0 bridgehead atoms. The van der Waals surface area contributed by atoms with Crippen LogP contribution in [0.4, 0.5) is 26.3 Å². The van der Waals surface area contributed by atoms with Gasteiger partial charge < -0.3 is 18.9 Å². The van der Waals surface area contributed by atoms with Gasteiger partial charge in [-0.2, -0.15) is 26.3 Å². The molecule has 0 radical (unpaired) electrons. The Morgan fingerprint density at radius 1 is 0.652 bits per heavy atom. The van der Waals surface area contributed by atoms with E-state index in [0.29, 0.717) is 19.3 Å². The maximum atomic E-state index is 14.7. The fourth-order valence-corrected chi connectivity index (χ4v) is 6.03.